The number of amides is 1. The third-order valence-electron chi connectivity index (χ3n) is 5.79. The highest BCUT2D eigenvalue weighted by molar-refractivity contribution is 7.99. The van der Waals surface area contributed by atoms with E-state index in [2.05, 4.69) is 32.4 Å². The van der Waals surface area contributed by atoms with Crippen molar-refractivity contribution in [2.45, 2.75) is 65.1 Å². The van der Waals surface area contributed by atoms with Gasteiger partial charge >= 0.3 is 5.97 Å². The van der Waals surface area contributed by atoms with Gasteiger partial charge in [-0.15, -0.1) is 32.9 Å². The zero-order valence-electron chi connectivity index (χ0n) is 19.3. The SMILES string of the molecule is CCOC(=O)c1c(NC(=O)CSc2nnc(-c3csc4c3CCCC4)n2CC)sc(C)c1C. The second-order valence-electron chi connectivity index (χ2n) is 7.85. The number of aryl methyl sites for hydroxylation is 2. The highest BCUT2D eigenvalue weighted by Gasteiger charge is 2.24. The summed E-state index contributed by atoms with van der Waals surface area (Å²) in [5.41, 5.74) is 3.89. The van der Waals surface area contributed by atoms with Crippen LogP contribution in [0.2, 0.25) is 0 Å². The van der Waals surface area contributed by atoms with Gasteiger partial charge in [0.15, 0.2) is 11.0 Å². The Morgan fingerprint density at radius 2 is 2.00 bits per heavy atom. The molecule has 0 fully saturated rings. The molecule has 0 saturated carbocycles. The molecule has 0 atom stereocenters. The van der Waals surface area contributed by atoms with Crippen LogP contribution in [0.5, 0.6) is 0 Å². The van der Waals surface area contributed by atoms with Crippen LogP contribution in [0.15, 0.2) is 10.5 Å². The number of hydrogen-bond acceptors (Lipinski definition) is 8. The average Bonchev–Trinajstić information content (AvgIpc) is 3.47. The first-order chi connectivity index (χ1) is 15.9. The molecule has 4 rings (SSSR count). The number of esters is 1. The van der Waals surface area contributed by atoms with Crippen molar-refractivity contribution < 1.29 is 14.3 Å². The lowest BCUT2D eigenvalue weighted by molar-refractivity contribution is -0.113. The molecule has 3 aromatic rings. The summed E-state index contributed by atoms with van der Waals surface area (Å²) in [5, 5.41) is 15.2. The minimum absolute atomic E-state index is 0.179. The second kappa shape index (κ2) is 10.4. The topological polar surface area (TPSA) is 86.1 Å². The molecule has 0 radical (unpaired) electrons. The first-order valence-corrected chi connectivity index (χ1v) is 13.8. The summed E-state index contributed by atoms with van der Waals surface area (Å²) in [6, 6.07) is 0. The van der Waals surface area contributed by atoms with Gasteiger partial charge in [-0.3, -0.25) is 4.79 Å². The van der Waals surface area contributed by atoms with E-state index in [0.717, 1.165) is 40.8 Å². The number of carbonyl (C=O) groups is 2. The third-order valence-corrected chi connectivity index (χ3v) is 8.96. The average molecular weight is 505 g/mol. The molecular formula is C23H28N4O3S3. The number of anilines is 1. The largest absolute Gasteiger partial charge is 0.462 e. The fourth-order valence-corrected chi connectivity index (χ4v) is 7.01. The van der Waals surface area contributed by atoms with E-state index in [1.165, 1.54) is 51.9 Å². The van der Waals surface area contributed by atoms with Crippen LogP contribution in [0.3, 0.4) is 0 Å². The smallest absolute Gasteiger partial charge is 0.341 e. The summed E-state index contributed by atoms with van der Waals surface area (Å²) in [5.74, 6) is 0.468. The molecule has 0 aromatic carbocycles. The number of hydrogen-bond donors (Lipinski definition) is 1. The maximum Gasteiger partial charge on any atom is 0.341 e. The van der Waals surface area contributed by atoms with Gasteiger partial charge in [0.1, 0.15) is 5.00 Å². The number of ether oxygens (including phenoxy) is 1. The lowest BCUT2D eigenvalue weighted by atomic mass is 9.96. The van der Waals surface area contributed by atoms with Gasteiger partial charge in [0.25, 0.3) is 0 Å². The predicted octanol–water partition coefficient (Wildman–Crippen LogP) is 5.49. The molecule has 7 nitrogen and oxygen atoms in total. The molecule has 176 valence electrons. The van der Waals surface area contributed by atoms with Crippen molar-refractivity contribution >= 4 is 51.3 Å². The molecule has 3 aromatic heterocycles. The molecule has 1 aliphatic carbocycles. The van der Waals surface area contributed by atoms with Crippen molar-refractivity contribution in [3.05, 3.63) is 31.8 Å². The Kier molecular flexibility index (Phi) is 7.55. The molecule has 1 amide bonds. The van der Waals surface area contributed by atoms with Crippen LogP contribution in [0.4, 0.5) is 5.00 Å². The van der Waals surface area contributed by atoms with Gasteiger partial charge in [-0.25, -0.2) is 4.79 Å². The monoisotopic (exact) mass is 504 g/mol. The van der Waals surface area contributed by atoms with Gasteiger partial charge in [-0.2, -0.15) is 0 Å². The molecule has 0 unspecified atom stereocenters. The molecule has 0 saturated heterocycles. The fourth-order valence-electron chi connectivity index (χ4n) is 4.02. The second-order valence-corrected chi connectivity index (χ2v) is 11.0. The number of nitrogens with one attached hydrogen (secondary N) is 1. The number of carbonyl (C=O) groups excluding carboxylic acids is 2. The molecular weight excluding hydrogens is 476 g/mol. The Morgan fingerprint density at radius 3 is 2.76 bits per heavy atom. The van der Waals surface area contributed by atoms with Crippen molar-refractivity contribution in [1.82, 2.24) is 14.8 Å². The molecule has 3 heterocycles. The number of thioether (sulfide) groups is 1. The maximum atomic E-state index is 12.7. The van der Waals surface area contributed by atoms with E-state index >= 15 is 0 Å². The number of nitrogens with zero attached hydrogens (tertiary/aromatic N) is 3. The molecule has 0 aliphatic heterocycles. The number of thiophene rings is 2. The Morgan fingerprint density at radius 1 is 1.21 bits per heavy atom. The van der Waals surface area contributed by atoms with E-state index in [1.54, 1.807) is 6.92 Å². The van der Waals surface area contributed by atoms with E-state index < -0.39 is 5.97 Å². The van der Waals surface area contributed by atoms with Gasteiger partial charge in [-0.1, -0.05) is 11.8 Å². The van der Waals surface area contributed by atoms with E-state index in [1.807, 2.05) is 25.2 Å². The van der Waals surface area contributed by atoms with Gasteiger partial charge in [0.2, 0.25) is 5.91 Å². The van der Waals surface area contributed by atoms with Gasteiger partial charge in [-0.05, 0) is 64.5 Å². The summed E-state index contributed by atoms with van der Waals surface area (Å²) in [6.45, 7) is 8.66. The fraction of sp³-hybridized carbons (Fsp3) is 0.478. The summed E-state index contributed by atoms with van der Waals surface area (Å²) >= 11 is 4.57. The van der Waals surface area contributed by atoms with E-state index in [4.69, 9.17) is 4.74 Å². The van der Waals surface area contributed by atoms with Crippen LogP contribution in [0.25, 0.3) is 11.4 Å². The molecule has 0 bridgehead atoms. The van der Waals surface area contributed by atoms with Crippen LogP contribution in [-0.4, -0.2) is 39.0 Å². The van der Waals surface area contributed by atoms with Crippen LogP contribution < -0.4 is 5.32 Å². The lowest BCUT2D eigenvalue weighted by Gasteiger charge is -2.13. The molecule has 0 spiro atoms. The van der Waals surface area contributed by atoms with Gasteiger partial charge in [0, 0.05) is 27.2 Å². The van der Waals surface area contributed by atoms with E-state index in [0.29, 0.717) is 17.2 Å². The van der Waals surface area contributed by atoms with Crippen LogP contribution in [-0.2, 0) is 28.9 Å². The predicted molar refractivity (Wildman–Crippen MR) is 135 cm³/mol. The van der Waals surface area contributed by atoms with Crippen LogP contribution in [0.1, 0.15) is 57.9 Å². The number of fused-ring (bicyclic) bond motifs is 1. The summed E-state index contributed by atoms with van der Waals surface area (Å²) < 4.78 is 7.25. The van der Waals surface area contributed by atoms with Crippen molar-refractivity contribution in [3.63, 3.8) is 0 Å². The minimum Gasteiger partial charge on any atom is -0.462 e. The first-order valence-electron chi connectivity index (χ1n) is 11.2. The van der Waals surface area contributed by atoms with Crippen LogP contribution in [0, 0.1) is 13.8 Å². The highest BCUT2D eigenvalue weighted by atomic mass is 32.2. The third kappa shape index (κ3) is 4.88. The Labute approximate surface area is 206 Å². The molecule has 33 heavy (non-hydrogen) atoms. The van der Waals surface area contributed by atoms with Crippen molar-refractivity contribution in [2.75, 3.05) is 17.7 Å². The minimum atomic E-state index is -0.406. The standard InChI is InChI=1S/C23H28N4O3S3/c1-5-27-20(16-11-31-17-10-8-7-9-15(16)17)25-26-23(27)32-12-18(28)24-21-19(22(29)30-6-2)13(3)14(4)33-21/h11H,5-10,12H2,1-4H3,(H,24,28). The van der Waals surface area contributed by atoms with Crippen LogP contribution >= 0.6 is 34.4 Å². The normalized spacial score (nSPS) is 13.1. The van der Waals surface area contributed by atoms with E-state index in [-0.39, 0.29) is 11.7 Å². The maximum absolute atomic E-state index is 12.7. The van der Waals surface area contributed by atoms with Crippen molar-refractivity contribution in [2.24, 2.45) is 0 Å². The van der Waals surface area contributed by atoms with Crippen molar-refractivity contribution in [3.8, 4) is 11.4 Å². The molecule has 10 heteroatoms. The zero-order valence-corrected chi connectivity index (χ0v) is 21.8. The highest BCUT2D eigenvalue weighted by Crippen LogP contribution is 2.37. The lowest BCUT2D eigenvalue weighted by Crippen LogP contribution is -2.17. The van der Waals surface area contributed by atoms with Crippen molar-refractivity contribution in [1.29, 1.82) is 0 Å². The van der Waals surface area contributed by atoms with Gasteiger partial charge < -0.3 is 14.6 Å². The Hall–Kier alpha value is -2.17. The number of rotatable bonds is 8. The molecule has 1 aliphatic rings. The first kappa shape index (κ1) is 24.0. The summed E-state index contributed by atoms with van der Waals surface area (Å²) in [4.78, 5) is 27.6. The van der Waals surface area contributed by atoms with Gasteiger partial charge in [0.05, 0.1) is 17.9 Å². The zero-order chi connectivity index (χ0) is 23.5. The quantitative estimate of drug-likeness (QED) is 0.322. The Balaban J connectivity index is 1.47. The Bertz CT molecular complexity index is 1180. The van der Waals surface area contributed by atoms with E-state index in [9.17, 15) is 9.59 Å². The summed E-state index contributed by atoms with van der Waals surface area (Å²) in [6.07, 6.45) is 4.72. The summed E-state index contributed by atoms with van der Waals surface area (Å²) in [7, 11) is 0. The molecule has 1 N–H and O–H groups in total. The number of aromatic nitrogens is 3.